The fourth-order valence-electron chi connectivity index (χ4n) is 2.90. The number of imidazole rings is 1. The van der Waals surface area contributed by atoms with Crippen LogP contribution < -0.4 is 10.1 Å². The van der Waals surface area contributed by atoms with E-state index in [4.69, 9.17) is 4.74 Å². The zero-order chi connectivity index (χ0) is 21.7. The standard InChI is InChI=1S/C21H24N4O4S/c1-16-22-12-13-25(16)18-6-4-17(5-7-18)14-23-21(26)15-24(2)30(27,28)20-10-8-19(29-3)9-11-20/h4-13H,14-15H2,1-3H3,(H,23,26). The molecule has 1 amide bonds. The number of aryl methyl sites for hydroxylation is 1. The Morgan fingerprint density at radius 2 is 1.80 bits per heavy atom. The second-order valence-electron chi connectivity index (χ2n) is 6.72. The second kappa shape index (κ2) is 9.10. The first-order valence-corrected chi connectivity index (χ1v) is 10.7. The van der Waals surface area contributed by atoms with Crippen LogP contribution in [0.25, 0.3) is 5.69 Å². The van der Waals surface area contributed by atoms with Crippen molar-refractivity contribution in [3.8, 4) is 11.4 Å². The van der Waals surface area contributed by atoms with Gasteiger partial charge >= 0.3 is 0 Å². The lowest BCUT2D eigenvalue weighted by molar-refractivity contribution is -0.121. The molecule has 0 aliphatic rings. The van der Waals surface area contributed by atoms with Crippen molar-refractivity contribution in [3.05, 3.63) is 72.3 Å². The highest BCUT2D eigenvalue weighted by Gasteiger charge is 2.22. The number of rotatable bonds is 8. The molecule has 0 saturated heterocycles. The first-order chi connectivity index (χ1) is 14.3. The third-order valence-electron chi connectivity index (χ3n) is 4.66. The van der Waals surface area contributed by atoms with Gasteiger partial charge < -0.3 is 14.6 Å². The molecule has 158 valence electrons. The fraction of sp³-hybridized carbons (Fsp3) is 0.238. The lowest BCUT2D eigenvalue weighted by atomic mass is 10.2. The Labute approximate surface area is 176 Å². The molecular weight excluding hydrogens is 404 g/mol. The van der Waals surface area contributed by atoms with Crippen molar-refractivity contribution in [1.82, 2.24) is 19.2 Å². The molecule has 0 radical (unpaired) electrons. The summed E-state index contributed by atoms with van der Waals surface area (Å²) in [6.45, 7) is 1.95. The summed E-state index contributed by atoms with van der Waals surface area (Å²) in [6, 6.07) is 13.7. The minimum Gasteiger partial charge on any atom is -0.497 e. The number of nitrogens with one attached hydrogen (secondary N) is 1. The van der Waals surface area contributed by atoms with Gasteiger partial charge in [0.05, 0.1) is 18.6 Å². The van der Waals surface area contributed by atoms with Gasteiger partial charge in [0.2, 0.25) is 15.9 Å². The summed E-state index contributed by atoms with van der Waals surface area (Å²) in [7, 11) is -0.886. The maximum Gasteiger partial charge on any atom is 0.243 e. The van der Waals surface area contributed by atoms with E-state index in [9.17, 15) is 13.2 Å². The summed E-state index contributed by atoms with van der Waals surface area (Å²) < 4.78 is 33.3. The Bertz CT molecular complexity index is 1110. The molecule has 0 unspecified atom stereocenters. The number of sulfonamides is 1. The van der Waals surface area contributed by atoms with E-state index in [0.717, 1.165) is 21.4 Å². The maximum atomic E-state index is 12.6. The van der Waals surface area contributed by atoms with E-state index < -0.39 is 10.0 Å². The molecule has 3 rings (SSSR count). The smallest absolute Gasteiger partial charge is 0.243 e. The van der Waals surface area contributed by atoms with Crippen molar-refractivity contribution in [1.29, 1.82) is 0 Å². The molecule has 3 aromatic rings. The monoisotopic (exact) mass is 428 g/mol. The zero-order valence-corrected chi connectivity index (χ0v) is 17.9. The molecule has 0 spiro atoms. The molecular formula is C21H24N4O4S. The molecule has 9 heteroatoms. The molecule has 0 saturated carbocycles. The lowest BCUT2D eigenvalue weighted by Gasteiger charge is -2.17. The van der Waals surface area contributed by atoms with Crippen LogP contribution in [0.1, 0.15) is 11.4 Å². The van der Waals surface area contributed by atoms with Crippen LogP contribution in [0.3, 0.4) is 0 Å². The average molecular weight is 429 g/mol. The Kier molecular flexibility index (Phi) is 6.53. The Morgan fingerprint density at radius 1 is 1.13 bits per heavy atom. The highest BCUT2D eigenvalue weighted by Crippen LogP contribution is 2.18. The number of nitrogens with zero attached hydrogens (tertiary/aromatic N) is 3. The summed E-state index contributed by atoms with van der Waals surface area (Å²) in [5, 5.41) is 2.75. The van der Waals surface area contributed by atoms with Gasteiger partial charge in [0.25, 0.3) is 0 Å². The summed E-state index contributed by atoms with van der Waals surface area (Å²) in [4.78, 5) is 16.6. The summed E-state index contributed by atoms with van der Waals surface area (Å²) >= 11 is 0. The number of carbonyl (C=O) groups excluding carboxylic acids is 1. The van der Waals surface area contributed by atoms with Gasteiger partial charge in [0.15, 0.2) is 0 Å². The summed E-state index contributed by atoms with van der Waals surface area (Å²) in [5.41, 5.74) is 1.89. The number of aromatic nitrogens is 2. The van der Waals surface area contributed by atoms with Crippen LogP contribution in [0.5, 0.6) is 5.75 Å². The number of amides is 1. The molecule has 8 nitrogen and oxygen atoms in total. The highest BCUT2D eigenvalue weighted by molar-refractivity contribution is 7.89. The van der Waals surface area contributed by atoms with Gasteiger partial charge in [-0.3, -0.25) is 4.79 Å². The second-order valence-corrected chi connectivity index (χ2v) is 8.77. The first-order valence-electron chi connectivity index (χ1n) is 9.27. The number of likely N-dealkylation sites (N-methyl/N-ethyl adjacent to an activating group) is 1. The molecule has 30 heavy (non-hydrogen) atoms. The zero-order valence-electron chi connectivity index (χ0n) is 17.1. The van der Waals surface area contributed by atoms with Crippen molar-refractivity contribution in [2.45, 2.75) is 18.4 Å². The van der Waals surface area contributed by atoms with Crippen molar-refractivity contribution in [2.75, 3.05) is 20.7 Å². The van der Waals surface area contributed by atoms with E-state index in [1.807, 2.05) is 42.0 Å². The van der Waals surface area contributed by atoms with Gasteiger partial charge in [-0.15, -0.1) is 0 Å². The summed E-state index contributed by atoms with van der Waals surface area (Å²) in [5.74, 6) is 1.06. The van der Waals surface area contributed by atoms with Crippen LogP contribution >= 0.6 is 0 Å². The molecule has 0 fully saturated rings. The normalized spacial score (nSPS) is 11.5. The van der Waals surface area contributed by atoms with E-state index in [-0.39, 0.29) is 17.3 Å². The minimum absolute atomic E-state index is 0.101. The molecule has 1 aromatic heterocycles. The van der Waals surface area contributed by atoms with Crippen LogP contribution in [0.15, 0.2) is 65.8 Å². The van der Waals surface area contributed by atoms with Gasteiger partial charge in [-0.1, -0.05) is 12.1 Å². The van der Waals surface area contributed by atoms with Gasteiger partial charge in [-0.05, 0) is 48.9 Å². The van der Waals surface area contributed by atoms with Gasteiger partial charge in [0, 0.05) is 31.7 Å². The predicted octanol–water partition coefficient (Wildman–Crippen LogP) is 2.13. The van der Waals surface area contributed by atoms with Crippen molar-refractivity contribution < 1.29 is 17.9 Å². The number of carbonyl (C=O) groups is 1. The summed E-state index contributed by atoms with van der Waals surface area (Å²) in [6.07, 6.45) is 3.62. The predicted molar refractivity (Wildman–Crippen MR) is 113 cm³/mol. The van der Waals surface area contributed by atoms with Crippen LogP contribution in [-0.4, -0.2) is 48.9 Å². The number of ether oxygens (including phenoxy) is 1. The Balaban J connectivity index is 1.56. The molecule has 2 aromatic carbocycles. The number of hydrogen-bond acceptors (Lipinski definition) is 5. The largest absolute Gasteiger partial charge is 0.497 e. The molecule has 0 bridgehead atoms. The van der Waals surface area contributed by atoms with E-state index in [1.54, 1.807) is 18.3 Å². The SMILES string of the molecule is COc1ccc(S(=O)(=O)N(C)CC(=O)NCc2ccc(-n3ccnc3C)cc2)cc1. The van der Waals surface area contributed by atoms with Crippen molar-refractivity contribution in [3.63, 3.8) is 0 Å². The fourth-order valence-corrected chi connectivity index (χ4v) is 4.02. The van der Waals surface area contributed by atoms with Crippen LogP contribution in [-0.2, 0) is 21.4 Å². The Hall–Kier alpha value is -3.17. The van der Waals surface area contributed by atoms with Crippen LogP contribution in [0.2, 0.25) is 0 Å². The molecule has 0 aliphatic carbocycles. The lowest BCUT2D eigenvalue weighted by Crippen LogP contribution is -2.38. The number of methoxy groups -OCH3 is 1. The van der Waals surface area contributed by atoms with E-state index in [0.29, 0.717) is 12.3 Å². The van der Waals surface area contributed by atoms with Gasteiger partial charge in [0.1, 0.15) is 11.6 Å². The first kappa shape index (κ1) is 21.5. The van der Waals surface area contributed by atoms with Crippen molar-refractivity contribution in [2.24, 2.45) is 0 Å². The van der Waals surface area contributed by atoms with Gasteiger partial charge in [-0.25, -0.2) is 13.4 Å². The minimum atomic E-state index is -3.77. The average Bonchev–Trinajstić information content (AvgIpc) is 3.18. The number of benzene rings is 2. The highest BCUT2D eigenvalue weighted by atomic mass is 32.2. The Morgan fingerprint density at radius 3 is 2.37 bits per heavy atom. The number of hydrogen-bond donors (Lipinski definition) is 1. The molecule has 1 N–H and O–H groups in total. The molecule has 0 aliphatic heterocycles. The quantitative estimate of drug-likeness (QED) is 0.593. The maximum absolute atomic E-state index is 12.6. The van der Waals surface area contributed by atoms with Gasteiger partial charge in [-0.2, -0.15) is 4.31 Å². The van der Waals surface area contributed by atoms with E-state index >= 15 is 0 Å². The molecule has 1 heterocycles. The molecule has 0 atom stereocenters. The third kappa shape index (κ3) is 4.87. The van der Waals surface area contributed by atoms with Crippen LogP contribution in [0, 0.1) is 6.92 Å². The van der Waals surface area contributed by atoms with Crippen LogP contribution in [0.4, 0.5) is 0 Å². The topological polar surface area (TPSA) is 93.5 Å². The van der Waals surface area contributed by atoms with E-state index in [2.05, 4.69) is 10.3 Å². The third-order valence-corrected chi connectivity index (χ3v) is 6.48. The van der Waals surface area contributed by atoms with Crippen molar-refractivity contribution >= 4 is 15.9 Å². The van der Waals surface area contributed by atoms with E-state index in [1.165, 1.54) is 26.3 Å².